The van der Waals surface area contributed by atoms with Gasteiger partial charge in [0.2, 0.25) is 0 Å². The Morgan fingerprint density at radius 3 is 2.32 bits per heavy atom. The maximum atomic E-state index is 12.2. The molecule has 0 aliphatic heterocycles. The third-order valence-corrected chi connectivity index (χ3v) is 3.57. The Labute approximate surface area is 134 Å². The Morgan fingerprint density at radius 1 is 1.23 bits per heavy atom. The predicted molar refractivity (Wildman–Crippen MR) is 90.1 cm³/mol. The van der Waals surface area contributed by atoms with Gasteiger partial charge in [-0.2, -0.15) is 0 Å². The van der Waals surface area contributed by atoms with Gasteiger partial charge in [0.05, 0.1) is 6.04 Å². The highest BCUT2D eigenvalue weighted by Crippen LogP contribution is 2.21. The van der Waals surface area contributed by atoms with E-state index in [-0.39, 0.29) is 18.1 Å². The first-order valence-corrected chi connectivity index (χ1v) is 7.97. The van der Waals surface area contributed by atoms with Gasteiger partial charge in [-0.05, 0) is 53.3 Å². The summed E-state index contributed by atoms with van der Waals surface area (Å²) >= 11 is 0. The van der Waals surface area contributed by atoms with Crippen molar-refractivity contribution in [1.82, 2.24) is 15.5 Å². The summed E-state index contributed by atoms with van der Waals surface area (Å²) in [6, 6.07) is 1.93. The van der Waals surface area contributed by atoms with Crippen LogP contribution in [0.5, 0.6) is 0 Å². The fourth-order valence-corrected chi connectivity index (χ4v) is 2.77. The van der Waals surface area contributed by atoms with Crippen molar-refractivity contribution in [3.63, 3.8) is 0 Å². The molecular formula is C17H31N3O2. The molecule has 2 N–H and O–H groups in total. The molecule has 0 aliphatic rings. The zero-order valence-electron chi connectivity index (χ0n) is 15.0. The van der Waals surface area contributed by atoms with Crippen LogP contribution in [0.25, 0.3) is 0 Å². The molecule has 1 aromatic rings. The van der Waals surface area contributed by atoms with Crippen LogP contribution in [0.4, 0.5) is 4.79 Å². The highest BCUT2D eigenvalue weighted by Gasteiger charge is 2.18. The number of nitrogens with zero attached hydrogens (tertiary/aromatic N) is 1. The monoisotopic (exact) mass is 309 g/mol. The van der Waals surface area contributed by atoms with Gasteiger partial charge in [-0.3, -0.25) is 0 Å². The lowest BCUT2D eigenvalue weighted by atomic mass is 10.0. The molecule has 1 rings (SSSR count). The quantitative estimate of drug-likeness (QED) is 0.813. The largest absolute Gasteiger partial charge is 0.466 e. The van der Waals surface area contributed by atoms with E-state index in [0.717, 1.165) is 30.0 Å². The molecule has 5 heteroatoms. The van der Waals surface area contributed by atoms with Crippen LogP contribution in [-0.4, -0.2) is 37.6 Å². The molecule has 0 bridgehead atoms. The summed E-state index contributed by atoms with van der Waals surface area (Å²) < 4.78 is 5.53. The molecule has 0 radical (unpaired) electrons. The van der Waals surface area contributed by atoms with Gasteiger partial charge in [-0.1, -0.05) is 13.8 Å². The van der Waals surface area contributed by atoms with Crippen LogP contribution < -0.4 is 10.6 Å². The second-order valence-electron chi connectivity index (χ2n) is 6.80. The third-order valence-electron chi connectivity index (χ3n) is 3.57. The minimum atomic E-state index is -0.127. The van der Waals surface area contributed by atoms with Crippen LogP contribution in [0.3, 0.4) is 0 Å². The fourth-order valence-electron chi connectivity index (χ4n) is 2.77. The molecule has 0 aliphatic carbocycles. The topological polar surface area (TPSA) is 57.5 Å². The third kappa shape index (κ3) is 6.10. The number of rotatable bonds is 7. The SMILES string of the molecule is Cc1cc(C(C)NC(=O)NC(CC(C)C)CN(C)C)c(C)o1. The van der Waals surface area contributed by atoms with Gasteiger partial charge in [-0.15, -0.1) is 0 Å². The first-order valence-electron chi connectivity index (χ1n) is 7.97. The lowest BCUT2D eigenvalue weighted by Crippen LogP contribution is -2.47. The molecule has 22 heavy (non-hydrogen) atoms. The van der Waals surface area contributed by atoms with Crippen LogP contribution in [0.2, 0.25) is 0 Å². The number of carbonyl (C=O) groups is 1. The van der Waals surface area contributed by atoms with E-state index < -0.39 is 0 Å². The van der Waals surface area contributed by atoms with Crippen molar-refractivity contribution in [2.24, 2.45) is 5.92 Å². The maximum Gasteiger partial charge on any atom is 0.315 e. The zero-order valence-corrected chi connectivity index (χ0v) is 15.0. The number of furan rings is 1. The van der Waals surface area contributed by atoms with E-state index in [1.54, 1.807) is 0 Å². The minimum Gasteiger partial charge on any atom is -0.466 e. The summed E-state index contributed by atoms with van der Waals surface area (Å²) in [6.45, 7) is 11.0. The molecule has 5 nitrogen and oxygen atoms in total. The molecule has 1 heterocycles. The summed E-state index contributed by atoms with van der Waals surface area (Å²) in [6.07, 6.45) is 0.962. The summed E-state index contributed by atoms with van der Waals surface area (Å²) in [4.78, 5) is 14.3. The number of nitrogens with one attached hydrogen (secondary N) is 2. The van der Waals surface area contributed by atoms with E-state index in [0.29, 0.717) is 5.92 Å². The van der Waals surface area contributed by atoms with Gasteiger partial charge in [0.1, 0.15) is 11.5 Å². The number of aryl methyl sites for hydroxylation is 2. The van der Waals surface area contributed by atoms with E-state index in [9.17, 15) is 4.79 Å². The summed E-state index contributed by atoms with van der Waals surface area (Å²) in [5.74, 6) is 2.27. The molecule has 0 saturated heterocycles. The predicted octanol–water partition coefficient (Wildman–Crippen LogP) is 3.23. The Morgan fingerprint density at radius 2 is 1.86 bits per heavy atom. The van der Waals surface area contributed by atoms with Crippen LogP contribution in [-0.2, 0) is 0 Å². The van der Waals surface area contributed by atoms with E-state index in [1.807, 2.05) is 40.9 Å². The minimum absolute atomic E-state index is 0.0727. The molecule has 1 aromatic heterocycles. The molecule has 0 spiro atoms. The molecular weight excluding hydrogens is 278 g/mol. The molecule has 0 saturated carbocycles. The number of urea groups is 1. The van der Waals surface area contributed by atoms with Crippen molar-refractivity contribution in [2.75, 3.05) is 20.6 Å². The molecule has 2 amide bonds. The van der Waals surface area contributed by atoms with Gasteiger partial charge < -0.3 is 20.0 Å². The summed E-state index contributed by atoms with van der Waals surface area (Å²) in [5, 5.41) is 6.08. The lowest BCUT2D eigenvalue weighted by molar-refractivity contribution is 0.226. The van der Waals surface area contributed by atoms with Gasteiger partial charge in [0.25, 0.3) is 0 Å². The zero-order chi connectivity index (χ0) is 16.9. The van der Waals surface area contributed by atoms with Crippen molar-refractivity contribution < 1.29 is 9.21 Å². The lowest BCUT2D eigenvalue weighted by Gasteiger charge is -2.25. The first-order chi connectivity index (χ1) is 10.2. The van der Waals surface area contributed by atoms with Crippen molar-refractivity contribution in [2.45, 2.75) is 53.1 Å². The number of hydrogen-bond donors (Lipinski definition) is 2. The molecule has 0 fully saturated rings. The average molecular weight is 309 g/mol. The van der Waals surface area contributed by atoms with E-state index >= 15 is 0 Å². The Balaban J connectivity index is 2.60. The van der Waals surface area contributed by atoms with Crippen molar-refractivity contribution in [3.05, 3.63) is 23.2 Å². The van der Waals surface area contributed by atoms with E-state index in [1.165, 1.54) is 0 Å². The Kier molecular flexibility index (Phi) is 6.94. The standard InChI is InChI=1S/C17H31N3O2/c1-11(2)8-15(10-20(6)7)19-17(21)18-13(4)16-9-12(3)22-14(16)5/h9,11,13,15H,8,10H2,1-7H3,(H2,18,19,21). The molecule has 0 aromatic carbocycles. The Hall–Kier alpha value is -1.49. The van der Waals surface area contributed by atoms with Crippen LogP contribution in [0.1, 0.15) is 50.3 Å². The van der Waals surface area contributed by atoms with E-state index in [2.05, 4.69) is 29.4 Å². The molecule has 2 atom stereocenters. The number of amides is 2. The van der Waals surface area contributed by atoms with Gasteiger partial charge in [0.15, 0.2) is 0 Å². The summed E-state index contributed by atoms with van der Waals surface area (Å²) in [5.41, 5.74) is 1.03. The van der Waals surface area contributed by atoms with Crippen LogP contribution in [0, 0.1) is 19.8 Å². The van der Waals surface area contributed by atoms with Gasteiger partial charge >= 0.3 is 6.03 Å². The van der Waals surface area contributed by atoms with Crippen molar-refractivity contribution in [1.29, 1.82) is 0 Å². The molecule has 126 valence electrons. The van der Waals surface area contributed by atoms with Crippen molar-refractivity contribution >= 4 is 6.03 Å². The van der Waals surface area contributed by atoms with Crippen LogP contribution in [0.15, 0.2) is 10.5 Å². The van der Waals surface area contributed by atoms with Crippen LogP contribution >= 0.6 is 0 Å². The van der Waals surface area contributed by atoms with Gasteiger partial charge in [0, 0.05) is 18.2 Å². The van der Waals surface area contributed by atoms with Gasteiger partial charge in [-0.25, -0.2) is 4.79 Å². The number of hydrogen-bond acceptors (Lipinski definition) is 3. The maximum absolute atomic E-state index is 12.2. The highest BCUT2D eigenvalue weighted by molar-refractivity contribution is 5.74. The molecule has 2 unspecified atom stereocenters. The normalized spacial score (nSPS) is 14.2. The second kappa shape index (κ2) is 8.22. The second-order valence-corrected chi connectivity index (χ2v) is 6.80. The van der Waals surface area contributed by atoms with E-state index in [4.69, 9.17) is 4.42 Å². The summed E-state index contributed by atoms with van der Waals surface area (Å²) in [7, 11) is 4.04. The first kappa shape index (κ1) is 18.6. The smallest absolute Gasteiger partial charge is 0.315 e. The average Bonchev–Trinajstić information content (AvgIpc) is 2.66. The highest BCUT2D eigenvalue weighted by atomic mass is 16.3. The number of likely N-dealkylation sites (N-methyl/N-ethyl adjacent to an activating group) is 1. The Bertz CT molecular complexity index is 470. The fraction of sp³-hybridized carbons (Fsp3) is 0.706. The van der Waals surface area contributed by atoms with Crippen molar-refractivity contribution in [3.8, 4) is 0 Å². The number of carbonyl (C=O) groups excluding carboxylic acids is 1.